The monoisotopic (exact) mass is 219 g/mol. The standard InChI is InChI=1S/C13H17NO2/c1-10(14-9-15)7-12-3-5-13(6-4-12)8-11(2)16/h3-6,9-10H,7-8H2,1-2H3,(H,14,15)/t10-/m1/s1. The van der Waals surface area contributed by atoms with Crippen LogP contribution in [0, 0.1) is 0 Å². The van der Waals surface area contributed by atoms with Gasteiger partial charge in [0.25, 0.3) is 0 Å². The van der Waals surface area contributed by atoms with Crippen molar-refractivity contribution in [2.24, 2.45) is 0 Å². The van der Waals surface area contributed by atoms with Crippen molar-refractivity contribution < 1.29 is 9.59 Å². The van der Waals surface area contributed by atoms with Crippen molar-refractivity contribution in [1.82, 2.24) is 5.32 Å². The SMILES string of the molecule is CC(=O)Cc1ccc(C[C@@H](C)NC=O)cc1. The molecule has 3 nitrogen and oxygen atoms in total. The Labute approximate surface area is 95.9 Å². The first-order chi connectivity index (χ1) is 7.61. The van der Waals surface area contributed by atoms with E-state index in [4.69, 9.17) is 0 Å². The zero-order valence-electron chi connectivity index (χ0n) is 9.69. The highest BCUT2D eigenvalue weighted by atomic mass is 16.1. The molecule has 1 rings (SSSR count). The smallest absolute Gasteiger partial charge is 0.207 e. The van der Waals surface area contributed by atoms with Crippen LogP contribution in [0.25, 0.3) is 0 Å². The molecule has 0 saturated heterocycles. The number of Topliss-reactive ketones (excluding diaryl/α,β-unsaturated/α-hetero) is 1. The van der Waals surface area contributed by atoms with E-state index in [9.17, 15) is 9.59 Å². The first kappa shape index (κ1) is 12.4. The fraction of sp³-hybridized carbons (Fsp3) is 0.385. The Kier molecular flexibility index (Phi) is 4.70. The molecular weight excluding hydrogens is 202 g/mol. The van der Waals surface area contributed by atoms with Crippen molar-refractivity contribution in [2.75, 3.05) is 0 Å². The van der Waals surface area contributed by atoms with Gasteiger partial charge in [-0.1, -0.05) is 24.3 Å². The second-order valence-electron chi connectivity index (χ2n) is 4.08. The molecule has 3 heteroatoms. The third kappa shape index (κ3) is 4.26. The Morgan fingerprint density at radius 2 is 1.88 bits per heavy atom. The van der Waals surface area contributed by atoms with Gasteiger partial charge in [-0.05, 0) is 31.4 Å². The maximum atomic E-state index is 10.9. The first-order valence-corrected chi connectivity index (χ1v) is 5.38. The quantitative estimate of drug-likeness (QED) is 0.737. The Morgan fingerprint density at radius 1 is 1.31 bits per heavy atom. The lowest BCUT2D eigenvalue weighted by Crippen LogP contribution is -2.26. The number of hydrogen-bond donors (Lipinski definition) is 1. The Balaban J connectivity index is 2.57. The molecule has 0 aromatic heterocycles. The highest BCUT2D eigenvalue weighted by Gasteiger charge is 2.02. The van der Waals surface area contributed by atoms with E-state index in [2.05, 4.69) is 5.32 Å². The molecule has 0 heterocycles. The van der Waals surface area contributed by atoms with Crippen molar-refractivity contribution >= 4 is 12.2 Å². The fourth-order valence-corrected chi connectivity index (χ4v) is 1.61. The van der Waals surface area contributed by atoms with E-state index >= 15 is 0 Å². The Morgan fingerprint density at radius 3 is 2.38 bits per heavy atom. The van der Waals surface area contributed by atoms with Crippen LogP contribution < -0.4 is 5.32 Å². The average Bonchev–Trinajstić information content (AvgIpc) is 2.20. The summed E-state index contributed by atoms with van der Waals surface area (Å²) in [5.41, 5.74) is 2.20. The second-order valence-corrected chi connectivity index (χ2v) is 4.08. The molecule has 0 spiro atoms. The number of carbonyl (C=O) groups excluding carboxylic acids is 2. The molecule has 0 aliphatic heterocycles. The molecule has 1 aromatic rings. The summed E-state index contributed by atoms with van der Waals surface area (Å²) in [5, 5.41) is 2.71. The van der Waals surface area contributed by atoms with E-state index in [0.717, 1.165) is 24.0 Å². The van der Waals surface area contributed by atoms with Gasteiger partial charge in [0.05, 0.1) is 0 Å². The lowest BCUT2D eigenvalue weighted by atomic mass is 10.0. The van der Waals surface area contributed by atoms with Crippen LogP contribution in [0.5, 0.6) is 0 Å². The van der Waals surface area contributed by atoms with Crippen LogP contribution in [-0.4, -0.2) is 18.2 Å². The van der Waals surface area contributed by atoms with Crippen molar-refractivity contribution in [3.05, 3.63) is 35.4 Å². The second kappa shape index (κ2) is 6.05. The lowest BCUT2D eigenvalue weighted by molar-refractivity contribution is -0.116. The Hall–Kier alpha value is -1.64. The van der Waals surface area contributed by atoms with E-state index in [1.54, 1.807) is 6.92 Å². The maximum Gasteiger partial charge on any atom is 0.207 e. The molecule has 0 radical (unpaired) electrons. The van der Waals surface area contributed by atoms with E-state index in [0.29, 0.717) is 6.42 Å². The minimum atomic E-state index is 0.135. The molecule has 0 unspecified atom stereocenters. The molecule has 0 aliphatic carbocycles. The maximum absolute atomic E-state index is 10.9. The fourth-order valence-electron chi connectivity index (χ4n) is 1.61. The van der Waals surface area contributed by atoms with Gasteiger partial charge in [-0.3, -0.25) is 9.59 Å². The predicted octanol–water partition coefficient (Wildman–Crippen LogP) is 1.50. The van der Waals surface area contributed by atoms with Crippen LogP contribution in [0.4, 0.5) is 0 Å². The van der Waals surface area contributed by atoms with Crippen LogP contribution in [0.15, 0.2) is 24.3 Å². The number of nitrogens with one attached hydrogen (secondary N) is 1. The third-order valence-electron chi connectivity index (χ3n) is 2.37. The zero-order chi connectivity index (χ0) is 12.0. The summed E-state index contributed by atoms with van der Waals surface area (Å²) >= 11 is 0. The molecule has 1 amide bonds. The minimum absolute atomic E-state index is 0.135. The van der Waals surface area contributed by atoms with Gasteiger partial charge in [0.2, 0.25) is 6.41 Å². The summed E-state index contributed by atoms with van der Waals surface area (Å²) in [6, 6.07) is 8.06. The molecule has 0 saturated carbocycles. The molecule has 1 atom stereocenters. The molecule has 0 fully saturated rings. The highest BCUT2D eigenvalue weighted by Crippen LogP contribution is 2.07. The summed E-state index contributed by atoms with van der Waals surface area (Å²) in [6.07, 6.45) is 2.01. The van der Waals surface area contributed by atoms with Gasteiger partial charge in [0.15, 0.2) is 0 Å². The van der Waals surface area contributed by atoms with E-state index in [1.165, 1.54) is 0 Å². The van der Waals surface area contributed by atoms with Gasteiger partial charge in [-0.2, -0.15) is 0 Å². The highest BCUT2D eigenvalue weighted by molar-refractivity contribution is 5.78. The Bertz CT molecular complexity index is 357. The van der Waals surface area contributed by atoms with Gasteiger partial charge in [0, 0.05) is 12.5 Å². The predicted molar refractivity (Wildman–Crippen MR) is 63.2 cm³/mol. The molecule has 0 aliphatic rings. The van der Waals surface area contributed by atoms with Gasteiger partial charge < -0.3 is 5.32 Å². The van der Waals surface area contributed by atoms with Crippen LogP contribution in [-0.2, 0) is 22.4 Å². The first-order valence-electron chi connectivity index (χ1n) is 5.38. The molecule has 1 N–H and O–H groups in total. The van der Waals surface area contributed by atoms with Crippen molar-refractivity contribution in [3.63, 3.8) is 0 Å². The summed E-state index contributed by atoms with van der Waals surface area (Å²) in [6.45, 7) is 3.54. The largest absolute Gasteiger partial charge is 0.356 e. The number of amides is 1. The van der Waals surface area contributed by atoms with Crippen LogP contribution in [0.1, 0.15) is 25.0 Å². The van der Waals surface area contributed by atoms with Crippen molar-refractivity contribution in [3.8, 4) is 0 Å². The minimum Gasteiger partial charge on any atom is -0.356 e. The van der Waals surface area contributed by atoms with Gasteiger partial charge in [-0.15, -0.1) is 0 Å². The summed E-state index contributed by atoms with van der Waals surface area (Å²) in [5.74, 6) is 0.170. The number of hydrogen-bond acceptors (Lipinski definition) is 2. The summed E-state index contributed by atoms with van der Waals surface area (Å²) < 4.78 is 0. The summed E-state index contributed by atoms with van der Waals surface area (Å²) in [7, 11) is 0. The number of benzene rings is 1. The van der Waals surface area contributed by atoms with Crippen LogP contribution in [0.3, 0.4) is 0 Å². The molecule has 86 valence electrons. The third-order valence-corrected chi connectivity index (χ3v) is 2.37. The van der Waals surface area contributed by atoms with Crippen molar-refractivity contribution in [2.45, 2.75) is 32.7 Å². The van der Waals surface area contributed by atoms with Crippen LogP contribution >= 0.6 is 0 Å². The summed E-state index contributed by atoms with van der Waals surface area (Å²) in [4.78, 5) is 21.1. The molecule has 0 bridgehead atoms. The van der Waals surface area contributed by atoms with E-state index in [1.807, 2.05) is 31.2 Å². The molecular formula is C13H17NO2. The van der Waals surface area contributed by atoms with Crippen molar-refractivity contribution in [1.29, 1.82) is 0 Å². The topological polar surface area (TPSA) is 46.2 Å². The van der Waals surface area contributed by atoms with Crippen LogP contribution in [0.2, 0.25) is 0 Å². The normalized spacial score (nSPS) is 11.9. The molecule has 1 aromatic carbocycles. The van der Waals surface area contributed by atoms with Gasteiger partial charge >= 0.3 is 0 Å². The number of ketones is 1. The van der Waals surface area contributed by atoms with E-state index < -0.39 is 0 Å². The number of rotatable bonds is 6. The van der Waals surface area contributed by atoms with E-state index in [-0.39, 0.29) is 11.8 Å². The average molecular weight is 219 g/mol. The zero-order valence-corrected chi connectivity index (χ0v) is 9.69. The lowest BCUT2D eigenvalue weighted by Gasteiger charge is -2.10. The number of carbonyl (C=O) groups is 2. The molecule has 16 heavy (non-hydrogen) atoms. The van der Waals surface area contributed by atoms with Gasteiger partial charge in [-0.25, -0.2) is 0 Å². The van der Waals surface area contributed by atoms with Gasteiger partial charge in [0.1, 0.15) is 5.78 Å².